The van der Waals surface area contributed by atoms with Crippen LogP contribution in [0.1, 0.15) is 59.4 Å². The van der Waals surface area contributed by atoms with E-state index < -0.39 is 102 Å². The van der Waals surface area contributed by atoms with Crippen LogP contribution in [0.15, 0.2) is 164 Å². The van der Waals surface area contributed by atoms with E-state index in [2.05, 4.69) is 45.1 Å². The Morgan fingerprint density at radius 3 is 0.915 bits per heavy atom. The number of rotatable bonds is 12. The van der Waals surface area contributed by atoms with Gasteiger partial charge in [0.05, 0.1) is 33.2 Å². The van der Waals surface area contributed by atoms with Gasteiger partial charge in [0.1, 0.15) is 50.6 Å². The normalized spacial score (nSPS) is 20.8. The van der Waals surface area contributed by atoms with Crippen LogP contribution in [0.5, 0.6) is 0 Å². The molecule has 12 rings (SSSR count). The topological polar surface area (TPSA) is 274 Å². The summed E-state index contributed by atoms with van der Waals surface area (Å²) in [5.41, 5.74) is 3.62. The Balaban J connectivity index is 0.000000165. The van der Waals surface area contributed by atoms with Crippen molar-refractivity contribution in [2.45, 2.75) is 62.9 Å². The maximum Gasteiger partial charge on any atom is 0.280 e. The van der Waals surface area contributed by atoms with E-state index in [1.54, 1.807) is 18.6 Å². The van der Waals surface area contributed by atoms with E-state index in [9.17, 15) is 52.8 Å². The maximum atomic E-state index is 13.4. The van der Waals surface area contributed by atoms with E-state index in [0.29, 0.717) is 14.6 Å². The number of aromatic nitrogens is 3. The Morgan fingerprint density at radius 1 is 0.436 bits per heavy atom. The van der Waals surface area contributed by atoms with Crippen molar-refractivity contribution in [3.63, 3.8) is 0 Å². The molecule has 0 aliphatic carbocycles. The van der Waals surface area contributed by atoms with E-state index >= 15 is 0 Å². The molecule has 0 bridgehead atoms. The van der Waals surface area contributed by atoms with Crippen LogP contribution in [0.25, 0.3) is 31.7 Å². The Bertz CT molecular complexity index is 4120. The highest BCUT2D eigenvalue weighted by Crippen LogP contribution is 2.39. The summed E-state index contributed by atoms with van der Waals surface area (Å²) in [7, 11) is -7.69. The van der Waals surface area contributed by atoms with Gasteiger partial charge in [-0.2, -0.15) is 52.3 Å². The Hall–Kier alpha value is -7.11. The summed E-state index contributed by atoms with van der Waals surface area (Å²) < 4.78 is 127. The molecule has 6 aromatic carbocycles. The van der Waals surface area contributed by atoms with Gasteiger partial charge in [-0.25, -0.2) is 28.1 Å². The zero-order valence-electron chi connectivity index (χ0n) is 48.7. The molecular weight excluding hydrogens is 1400 g/mol. The second-order valence-corrected chi connectivity index (χ2v) is 30.7. The second kappa shape index (κ2) is 30.3. The largest absolute Gasteiger partial charge is 0.325 e. The molecule has 3 fully saturated rings. The number of nitrogens with zero attached hydrogens (tertiary/aromatic N) is 6. The Kier molecular flexibility index (Phi) is 23.0. The van der Waals surface area contributed by atoms with Gasteiger partial charge in [-0.15, -0.1) is 34.0 Å². The van der Waals surface area contributed by atoms with Crippen molar-refractivity contribution < 1.29 is 52.8 Å². The van der Waals surface area contributed by atoms with Gasteiger partial charge in [-0.05, 0) is 73.9 Å². The van der Waals surface area contributed by atoms with Gasteiger partial charge in [0, 0.05) is 88.1 Å². The maximum absolute atomic E-state index is 13.4. The highest BCUT2D eigenvalue weighted by molar-refractivity contribution is 7.87. The smallest absolute Gasteiger partial charge is 0.280 e. The van der Waals surface area contributed by atoms with Crippen molar-refractivity contribution in [3.8, 4) is 31.7 Å². The fourth-order valence-corrected chi connectivity index (χ4v) is 17.3. The number of carbonyl (C=O) groups excluding carboxylic acids is 3. The predicted octanol–water partition coefficient (Wildman–Crippen LogP) is 12.1. The van der Waals surface area contributed by atoms with Gasteiger partial charge in [-0.3, -0.25) is 14.4 Å². The minimum absolute atomic E-state index is 0. The van der Waals surface area contributed by atoms with Crippen LogP contribution >= 0.6 is 68.8 Å². The zero-order chi connectivity index (χ0) is 66.5. The summed E-state index contributed by atoms with van der Waals surface area (Å²) >= 11 is 21.4. The molecular formula is C61H58Cl3F3N12O9S6. The minimum Gasteiger partial charge on any atom is -0.325 e. The van der Waals surface area contributed by atoms with E-state index in [1.165, 1.54) is 91.6 Å². The molecule has 3 saturated heterocycles. The van der Waals surface area contributed by atoms with Crippen molar-refractivity contribution in [1.82, 2.24) is 42.0 Å². The van der Waals surface area contributed by atoms with Crippen LogP contribution in [0.3, 0.4) is 0 Å². The number of thiazole rings is 3. The lowest BCUT2D eigenvalue weighted by Crippen LogP contribution is -2.55. The van der Waals surface area contributed by atoms with Crippen LogP contribution in [0.2, 0.25) is 15.1 Å². The fourth-order valence-electron chi connectivity index (χ4n) is 9.77. The molecule has 0 spiro atoms. The third-order valence-electron chi connectivity index (χ3n) is 14.8. The summed E-state index contributed by atoms with van der Waals surface area (Å²) in [6.45, 7) is 0. The fraction of sp³-hybridized carbons (Fsp3) is 0.213. The van der Waals surface area contributed by atoms with Crippen LogP contribution in [0.4, 0.5) is 30.2 Å². The molecule has 3 aliphatic rings. The zero-order valence-corrected chi connectivity index (χ0v) is 55.9. The first-order valence-corrected chi connectivity index (χ1v) is 35.7. The van der Waals surface area contributed by atoms with Gasteiger partial charge in [0.25, 0.3) is 30.6 Å². The van der Waals surface area contributed by atoms with Gasteiger partial charge < -0.3 is 16.0 Å². The number of hydrogen-bond acceptors (Lipinski definition) is 15. The first-order chi connectivity index (χ1) is 44.2. The third-order valence-corrected chi connectivity index (χ3v) is 24.0. The number of nitrogens with one attached hydrogen (secondary N) is 6. The van der Waals surface area contributed by atoms with E-state index in [-0.39, 0.29) is 58.8 Å². The standard InChI is InChI=1S/3C20H18ClFN4O3S2.CH4/c3*1-26-17(19(27)24-13-7-8-15(22)14(21)9-13)10-16(25-31(26,28)29)18-11-23-20(30-18)12-5-3-2-4-6-12;/h3*2-9,11,16-17,25H,10H2,1H3,(H,24,27);1H4/t2*16-,17+;;/m10../s1. The predicted molar refractivity (Wildman–Crippen MR) is 362 cm³/mol. The van der Waals surface area contributed by atoms with Crippen LogP contribution in [-0.4, -0.2) is 110 Å². The molecule has 33 heteroatoms. The number of halogens is 6. The van der Waals surface area contributed by atoms with E-state index in [4.69, 9.17) is 34.8 Å². The van der Waals surface area contributed by atoms with Crippen LogP contribution in [0, 0.1) is 17.5 Å². The lowest BCUT2D eigenvalue weighted by molar-refractivity contribution is -0.120. The lowest BCUT2D eigenvalue weighted by Gasteiger charge is -2.35. The number of hydrogen-bond donors (Lipinski definition) is 6. The number of amides is 3. The molecule has 94 heavy (non-hydrogen) atoms. The number of benzene rings is 6. The van der Waals surface area contributed by atoms with Crippen molar-refractivity contribution in [1.29, 1.82) is 0 Å². The Morgan fingerprint density at radius 2 is 0.681 bits per heavy atom. The highest BCUT2D eigenvalue weighted by atomic mass is 35.5. The third kappa shape index (κ3) is 16.9. The molecule has 2 unspecified atom stereocenters. The van der Waals surface area contributed by atoms with Crippen molar-refractivity contribution >= 4 is 134 Å². The van der Waals surface area contributed by atoms with Gasteiger partial charge in [0.15, 0.2) is 0 Å². The molecule has 0 saturated carbocycles. The van der Waals surface area contributed by atoms with E-state index in [0.717, 1.165) is 62.8 Å². The molecule has 6 heterocycles. The van der Waals surface area contributed by atoms with Gasteiger partial charge >= 0.3 is 0 Å². The first kappa shape index (κ1) is 71.2. The van der Waals surface area contributed by atoms with Crippen molar-refractivity contribution in [2.24, 2.45) is 0 Å². The monoisotopic (exact) mass is 1460 g/mol. The average Bonchev–Trinajstić information content (AvgIpc) is 1.29. The molecule has 494 valence electrons. The SMILES string of the molecule is C.CN1C(C(=O)Nc2ccc(F)c(Cl)c2)CC(c2cnc(-c3ccccc3)s2)NS1(=O)=O.CN1[C@@H](C(=O)Nc2ccc(F)c(Cl)c2)C[C@@H](c2cnc(-c3ccccc3)s2)NS1(=O)=O.CN1[C@H](C(=O)Nc2ccc(F)c(Cl)c2)C[C@H](c2cnc(-c3ccccc3)s2)NS1(=O)=O. The molecule has 3 aromatic heterocycles. The molecule has 6 N–H and O–H groups in total. The highest BCUT2D eigenvalue weighted by Gasteiger charge is 2.44. The lowest BCUT2D eigenvalue weighted by atomic mass is 10.1. The number of anilines is 3. The number of likely N-dealkylation sites (N-methyl/N-ethyl adjacent to an activating group) is 3. The molecule has 3 aliphatic heterocycles. The molecule has 6 atom stereocenters. The van der Waals surface area contributed by atoms with Gasteiger partial charge in [-0.1, -0.05) is 133 Å². The molecule has 0 radical (unpaired) electrons. The summed E-state index contributed by atoms with van der Waals surface area (Å²) in [6, 6.07) is 35.2. The average molecular weight is 1460 g/mol. The number of carbonyl (C=O) groups is 3. The quantitative estimate of drug-likeness (QED) is 0.0666. The molecule has 21 nitrogen and oxygen atoms in total. The summed E-state index contributed by atoms with van der Waals surface area (Å²) in [6.07, 6.45) is 5.48. The molecule has 3 amide bonds. The minimum atomic E-state index is -3.90. The second-order valence-electron chi connectivity index (χ2n) is 21.0. The first-order valence-electron chi connectivity index (χ1n) is 27.8. The summed E-state index contributed by atoms with van der Waals surface area (Å²) in [4.78, 5) is 53.9. The van der Waals surface area contributed by atoms with Crippen LogP contribution in [-0.2, 0) is 45.0 Å². The Labute approximate surface area is 567 Å². The van der Waals surface area contributed by atoms with E-state index in [1.807, 2.05) is 91.0 Å². The summed E-state index contributed by atoms with van der Waals surface area (Å²) in [5.74, 6) is -3.43. The van der Waals surface area contributed by atoms with Crippen molar-refractivity contribution in [3.05, 3.63) is 211 Å². The van der Waals surface area contributed by atoms with Crippen molar-refractivity contribution in [2.75, 3.05) is 37.1 Å². The van der Waals surface area contributed by atoms with Crippen LogP contribution < -0.4 is 30.1 Å². The van der Waals surface area contributed by atoms with Gasteiger partial charge in [0.2, 0.25) is 17.7 Å². The molecule has 9 aromatic rings. The summed E-state index contributed by atoms with van der Waals surface area (Å²) in [5, 5.41) is 9.71.